The van der Waals surface area contributed by atoms with Gasteiger partial charge in [-0.25, -0.2) is 0 Å². The van der Waals surface area contributed by atoms with Crippen LogP contribution in [0.15, 0.2) is 40.4 Å². The first-order valence-electron chi connectivity index (χ1n) is 5.68. The van der Waals surface area contributed by atoms with Gasteiger partial charge < -0.3 is 9.84 Å². The number of aliphatic hydroxyl groups is 1. The minimum atomic E-state index is -0.453. The molecule has 2 heterocycles. The van der Waals surface area contributed by atoms with Crippen LogP contribution in [0.1, 0.15) is 12.0 Å². The molecular formula is C13H14BrNO2S. The number of rotatable bonds is 6. The van der Waals surface area contributed by atoms with E-state index >= 15 is 0 Å². The van der Waals surface area contributed by atoms with Crippen molar-refractivity contribution in [3.63, 3.8) is 0 Å². The Morgan fingerprint density at radius 2 is 2.39 bits per heavy atom. The molecule has 3 nitrogen and oxygen atoms in total. The minimum absolute atomic E-state index is 0.327. The number of pyridine rings is 1. The Balaban J connectivity index is 1.71. The molecule has 0 radical (unpaired) electrons. The van der Waals surface area contributed by atoms with Gasteiger partial charge in [0, 0.05) is 28.3 Å². The van der Waals surface area contributed by atoms with E-state index in [0.717, 1.165) is 21.5 Å². The van der Waals surface area contributed by atoms with E-state index in [1.165, 1.54) is 11.3 Å². The Morgan fingerprint density at radius 3 is 3.06 bits per heavy atom. The topological polar surface area (TPSA) is 42.4 Å². The molecule has 1 N–H and O–H groups in total. The zero-order chi connectivity index (χ0) is 12.8. The molecule has 0 amide bonds. The van der Waals surface area contributed by atoms with Crippen molar-refractivity contribution in [2.45, 2.75) is 18.9 Å². The first-order chi connectivity index (χ1) is 8.74. The number of halogens is 1. The Morgan fingerprint density at radius 1 is 1.50 bits per heavy atom. The fourth-order valence-corrected chi connectivity index (χ4v) is 2.78. The third-order valence-corrected chi connectivity index (χ3v) is 4.05. The quantitative estimate of drug-likeness (QED) is 0.885. The van der Waals surface area contributed by atoms with Gasteiger partial charge in [-0.2, -0.15) is 0 Å². The Labute approximate surface area is 119 Å². The highest BCUT2D eigenvalue weighted by Gasteiger charge is 2.07. The van der Waals surface area contributed by atoms with Crippen LogP contribution in [0.3, 0.4) is 0 Å². The van der Waals surface area contributed by atoms with Crippen LogP contribution in [0.2, 0.25) is 0 Å². The van der Waals surface area contributed by atoms with Gasteiger partial charge in [-0.3, -0.25) is 4.98 Å². The molecule has 0 bridgehead atoms. The molecule has 0 unspecified atom stereocenters. The van der Waals surface area contributed by atoms with Gasteiger partial charge in [0.15, 0.2) is 5.06 Å². The maximum Gasteiger partial charge on any atom is 0.175 e. The van der Waals surface area contributed by atoms with Gasteiger partial charge in [-0.1, -0.05) is 6.07 Å². The van der Waals surface area contributed by atoms with E-state index in [0.29, 0.717) is 13.0 Å². The molecule has 2 aromatic heterocycles. The number of aryl methyl sites for hydroxylation is 1. The summed E-state index contributed by atoms with van der Waals surface area (Å²) in [5.74, 6) is 0. The zero-order valence-corrected chi connectivity index (χ0v) is 12.2. The van der Waals surface area contributed by atoms with Gasteiger partial charge in [0.25, 0.3) is 0 Å². The molecule has 0 fully saturated rings. The first-order valence-corrected chi connectivity index (χ1v) is 7.35. The monoisotopic (exact) mass is 327 g/mol. The maximum absolute atomic E-state index is 9.83. The molecule has 0 aliphatic carbocycles. The van der Waals surface area contributed by atoms with Crippen molar-refractivity contribution in [3.8, 4) is 5.06 Å². The summed E-state index contributed by atoms with van der Waals surface area (Å²) < 4.78 is 6.51. The predicted molar refractivity (Wildman–Crippen MR) is 76.1 cm³/mol. The zero-order valence-electron chi connectivity index (χ0n) is 9.75. The molecule has 0 aliphatic rings. The van der Waals surface area contributed by atoms with E-state index in [-0.39, 0.29) is 0 Å². The van der Waals surface area contributed by atoms with Crippen molar-refractivity contribution >= 4 is 27.3 Å². The number of ether oxygens (including phenoxy) is 1. The van der Waals surface area contributed by atoms with Crippen molar-refractivity contribution < 1.29 is 9.84 Å². The number of hydrogen-bond donors (Lipinski definition) is 1. The molecule has 1 atom stereocenters. The average Bonchev–Trinajstić information content (AvgIpc) is 2.81. The molecule has 0 aliphatic heterocycles. The van der Waals surface area contributed by atoms with E-state index in [9.17, 15) is 5.11 Å². The highest BCUT2D eigenvalue weighted by atomic mass is 79.9. The molecule has 96 valence electrons. The average molecular weight is 328 g/mol. The summed E-state index contributed by atoms with van der Waals surface area (Å²) in [4.78, 5) is 4.04. The summed E-state index contributed by atoms with van der Waals surface area (Å²) >= 11 is 4.88. The fourth-order valence-electron chi connectivity index (χ4n) is 1.51. The SMILES string of the molecule is O[C@H](CCc1cccnc1)COc1cc(Br)cs1. The molecule has 18 heavy (non-hydrogen) atoms. The third kappa shape index (κ3) is 4.40. The van der Waals surface area contributed by atoms with Crippen LogP contribution in [0.4, 0.5) is 0 Å². The van der Waals surface area contributed by atoms with E-state index in [4.69, 9.17) is 4.74 Å². The van der Waals surface area contributed by atoms with Crippen LogP contribution in [0.25, 0.3) is 0 Å². The van der Waals surface area contributed by atoms with E-state index in [2.05, 4.69) is 20.9 Å². The molecule has 0 saturated carbocycles. The van der Waals surface area contributed by atoms with E-state index in [1.807, 2.05) is 29.8 Å². The second-order valence-corrected chi connectivity index (χ2v) is 5.74. The van der Waals surface area contributed by atoms with Crippen molar-refractivity contribution in [2.75, 3.05) is 6.61 Å². The first kappa shape index (κ1) is 13.5. The van der Waals surface area contributed by atoms with Crippen LogP contribution in [-0.2, 0) is 6.42 Å². The lowest BCUT2D eigenvalue weighted by Crippen LogP contribution is -2.17. The number of aliphatic hydroxyl groups excluding tert-OH is 1. The van der Waals surface area contributed by atoms with Gasteiger partial charge in [0.1, 0.15) is 6.61 Å². The maximum atomic E-state index is 9.83. The Hall–Kier alpha value is -0.910. The van der Waals surface area contributed by atoms with Crippen LogP contribution >= 0.6 is 27.3 Å². The molecule has 0 aromatic carbocycles. The summed E-state index contributed by atoms with van der Waals surface area (Å²) in [7, 11) is 0. The highest BCUT2D eigenvalue weighted by molar-refractivity contribution is 9.10. The van der Waals surface area contributed by atoms with Gasteiger partial charge in [0.05, 0.1) is 6.10 Å². The van der Waals surface area contributed by atoms with Gasteiger partial charge in [-0.15, -0.1) is 11.3 Å². The lowest BCUT2D eigenvalue weighted by atomic mass is 10.1. The van der Waals surface area contributed by atoms with E-state index in [1.54, 1.807) is 6.20 Å². The van der Waals surface area contributed by atoms with Crippen molar-refractivity contribution in [1.29, 1.82) is 0 Å². The van der Waals surface area contributed by atoms with Crippen molar-refractivity contribution in [3.05, 3.63) is 46.0 Å². The van der Waals surface area contributed by atoms with E-state index < -0.39 is 6.10 Å². The minimum Gasteiger partial charge on any atom is -0.481 e. The summed E-state index contributed by atoms with van der Waals surface area (Å²) in [5, 5.41) is 12.6. The lowest BCUT2D eigenvalue weighted by Gasteiger charge is -2.10. The summed E-state index contributed by atoms with van der Waals surface area (Å²) in [5.41, 5.74) is 1.13. The normalized spacial score (nSPS) is 12.3. The van der Waals surface area contributed by atoms with Crippen LogP contribution in [-0.4, -0.2) is 22.8 Å². The molecule has 2 rings (SSSR count). The Kier molecular flexibility index (Phi) is 5.16. The standard InChI is InChI=1S/C13H14BrNO2S/c14-11-6-13(18-9-11)17-8-12(16)4-3-10-2-1-5-15-7-10/h1-2,5-7,9,12,16H,3-4,8H2/t12-/m1/s1. The second-order valence-electron chi connectivity index (χ2n) is 3.95. The summed E-state index contributed by atoms with van der Waals surface area (Å²) in [6.07, 6.45) is 4.61. The van der Waals surface area contributed by atoms with Crippen LogP contribution in [0.5, 0.6) is 5.06 Å². The smallest absolute Gasteiger partial charge is 0.175 e. The second kappa shape index (κ2) is 6.87. The number of thiophene rings is 1. The highest BCUT2D eigenvalue weighted by Crippen LogP contribution is 2.26. The molecular weight excluding hydrogens is 314 g/mol. The van der Waals surface area contributed by atoms with Crippen LogP contribution < -0.4 is 4.74 Å². The molecule has 2 aromatic rings. The summed E-state index contributed by atoms with van der Waals surface area (Å²) in [6.45, 7) is 0.327. The third-order valence-electron chi connectivity index (χ3n) is 2.45. The fraction of sp³-hybridized carbons (Fsp3) is 0.308. The molecule has 5 heteroatoms. The molecule has 0 spiro atoms. The van der Waals surface area contributed by atoms with Gasteiger partial charge >= 0.3 is 0 Å². The number of hydrogen-bond acceptors (Lipinski definition) is 4. The van der Waals surface area contributed by atoms with Crippen molar-refractivity contribution in [1.82, 2.24) is 4.98 Å². The van der Waals surface area contributed by atoms with Crippen molar-refractivity contribution in [2.24, 2.45) is 0 Å². The largest absolute Gasteiger partial charge is 0.481 e. The number of nitrogens with zero attached hydrogens (tertiary/aromatic N) is 1. The summed E-state index contributed by atoms with van der Waals surface area (Å²) in [6, 6.07) is 5.82. The predicted octanol–water partition coefficient (Wildman–Crippen LogP) is 3.28. The Bertz CT molecular complexity index is 475. The lowest BCUT2D eigenvalue weighted by molar-refractivity contribution is 0.102. The van der Waals surface area contributed by atoms with Gasteiger partial charge in [0.2, 0.25) is 0 Å². The molecule has 0 saturated heterocycles. The van der Waals surface area contributed by atoms with Crippen LogP contribution in [0, 0.1) is 0 Å². The van der Waals surface area contributed by atoms with Gasteiger partial charge in [-0.05, 0) is 40.4 Å². The number of aromatic nitrogens is 1.